The van der Waals surface area contributed by atoms with Gasteiger partial charge in [-0.15, -0.1) is 0 Å². The number of allylic oxidation sites excluding steroid dienone is 1. The van der Waals surface area contributed by atoms with Gasteiger partial charge in [0, 0.05) is 23.0 Å². The van der Waals surface area contributed by atoms with Crippen molar-refractivity contribution in [2.75, 3.05) is 0 Å². The molecule has 3 heteroatoms. The fourth-order valence-corrected chi connectivity index (χ4v) is 0.964. The van der Waals surface area contributed by atoms with Crippen LogP contribution < -0.4 is 0 Å². The van der Waals surface area contributed by atoms with E-state index >= 15 is 0 Å². The normalized spacial score (nSPS) is 9.55. The Hall–Kier alpha value is -1.02. The van der Waals surface area contributed by atoms with E-state index in [1.165, 1.54) is 0 Å². The van der Waals surface area contributed by atoms with Crippen LogP contribution in [0.5, 0.6) is 0 Å². The SMILES string of the molecule is C=C(Cl)Cn1ccc(C=O)c1. The highest BCUT2D eigenvalue weighted by Crippen LogP contribution is 2.04. The summed E-state index contributed by atoms with van der Waals surface area (Å²) in [4.78, 5) is 10.2. The lowest BCUT2D eigenvalue weighted by molar-refractivity contribution is 0.112. The van der Waals surface area contributed by atoms with Crippen LogP contribution in [0.1, 0.15) is 10.4 Å². The molecule has 58 valence electrons. The Labute approximate surface area is 70.1 Å². The minimum atomic E-state index is 0.551. The second-order valence-corrected chi connectivity index (χ2v) is 2.79. The maximum atomic E-state index is 10.2. The molecular weight excluding hydrogens is 162 g/mol. The van der Waals surface area contributed by atoms with Crippen molar-refractivity contribution in [2.24, 2.45) is 0 Å². The molecule has 0 amide bonds. The molecule has 1 aromatic rings. The molecule has 11 heavy (non-hydrogen) atoms. The lowest BCUT2D eigenvalue weighted by Gasteiger charge is -1.97. The fourth-order valence-electron chi connectivity index (χ4n) is 0.826. The first-order valence-electron chi connectivity index (χ1n) is 3.16. The quantitative estimate of drug-likeness (QED) is 0.635. The average Bonchev–Trinajstić information content (AvgIpc) is 2.34. The Kier molecular flexibility index (Phi) is 2.49. The number of aldehydes is 1. The van der Waals surface area contributed by atoms with Crippen LogP contribution in [0, 0.1) is 0 Å². The number of carbonyl (C=O) groups is 1. The lowest BCUT2D eigenvalue weighted by Crippen LogP contribution is -1.92. The Bertz CT molecular complexity index is 277. The Morgan fingerprint density at radius 2 is 2.55 bits per heavy atom. The smallest absolute Gasteiger partial charge is 0.151 e. The van der Waals surface area contributed by atoms with Gasteiger partial charge in [-0.1, -0.05) is 18.2 Å². The van der Waals surface area contributed by atoms with Crippen molar-refractivity contribution < 1.29 is 4.79 Å². The van der Waals surface area contributed by atoms with E-state index < -0.39 is 0 Å². The molecule has 0 aliphatic heterocycles. The zero-order valence-corrected chi connectivity index (χ0v) is 6.71. The van der Waals surface area contributed by atoms with Gasteiger partial charge in [0.15, 0.2) is 6.29 Å². The van der Waals surface area contributed by atoms with E-state index in [2.05, 4.69) is 6.58 Å². The first-order chi connectivity index (χ1) is 5.22. The van der Waals surface area contributed by atoms with E-state index in [1.807, 2.05) is 0 Å². The number of nitrogens with zero attached hydrogens (tertiary/aromatic N) is 1. The van der Waals surface area contributed by atoms with Crippen LogP contribution in [-0.4, -0.2) is 10.9 Å². The molecule has 0 aliphatic carbocycles. The maximum Gasteiger partial charge on any atom is 0.151 e. The van der Waals surface area contributed by atoms with Gasteiger partial charge < -0.3 is 4.57 Å². The topological polar surface area (TPSA) is 22.0 Å². The van der Waals surface area contributed by atoms with Crippen molar-refractivity contribution in [1.82, 2.24) is 4.57 Å². The Morgan fingerprint density at radius 1 is 1.82 bits per heavy atom. The summed E-state index contributed by atoms with van der Waals surface area (Å²) in [6, 6.07) is 1.73. The van der Waals surface area contributed by atoms with E-state index in [4.69, 9.17) is 11.6 Å². The number of rotatable bonds is 3. The Balaban J connectivity index is 2.72. The molecule has 0 radical (unpaired) electrons. The van der Waals surface area contributed by atoms with Gasteiger partial charge in [-0.05, 0) is 6.07 Å². The highest BCUT2D eigenvalue weighted by molar-refractivity contribution is 6.29. The van der Waals surface area contributed by atoms with E-state index in [-0.39, 0.29) is 0 Å². The molecule has 1 heterocycles. The third-order valence-corrected chi connectivity index (χ3v) is 1.38. The van der Waals surface area contributed by atoms with Crippen molar-refractivity contribution in [3.05, 3.63) is 35.6 Å². The summed E-state index contributed by atoms with van der Waals surface area (Å²) in [5.41, 5.74) is 0.655. The molecule has 0 saturated carbocycles. The van der Waals surface area contributed by atoms with Crippen LogP contribution in [0.15, 0.2) is 30.1 Å². The van der Waals surface area contributed by atoms with Gasteiger partial charge >= 0.3 is 0 Å². The van der Waals surface area contributed by atoms with Gasteiger partial charge in [-0.3, -0.25) is 4.79 Å². The average molecular weight is 170 g/mol. The Morgan fingerprint density at radius 3 is 3.00 bits per heavy atom. The maximum absolute atomic E-state index is 10.2. The molecule has 0 spiro atoms. The summed E-state index contributed by atoms with van der Waals surface area (Å²) in [6.45, 7) is 4.09. The predicted molar refractivity (Wildman–Crippen MR) is 44.8 cm³/mol. The number of hydrogen-bond acceptors (Lipinski definition) is 1. The summed E-state index contributed by atoms with van der Waals surface area (Å²) < 4.78 is 1.80. The molecule has 0 aliphatic rings. The van der Waals surface area contributed by atoms with E-state index in [9.17, 15) is 4.79 Å². The van der Waals surface area contributed by atoms with Crippen molar-refractivity contribution in [3.8, 4) is 0 Å². The summed E-state index contributed by atoms with van der Waals surface area (Å²) in [7, 11) is 0. The van der Waals surface area contributed by atoms with Crippen LogP contribution in [0.3, 0.4) is 0 Å². The van der Waals surface area contributed by atoms with Gasteiger partial charge in [0.25, 0.3) is 0 Å². The van der Waals surface area contributed by atoms with Crippen LogP contribution in [-0.2, 0) is 6.54 Å². The fraction of sp³-hybridized carbons (Fsp3) is 0.125. The van der Waals surface area contributed by atoms with Gasteiger partial charge in [-0.2, -0.15) is 0 Å². The third kappa shape index (κ3) is 2.24. The standard InChI is InChI=1S/C8H8ClNO/c1-7(9)4-10-3-2-8(5-10)6-11/h2-3,5-6H,1,4H2. The molecule has 0 bridgehead atoms. The number of hydrogen-bond donors (Lipinski definition) is 0. The zero-order valence-electron chi connectivity index (χ0n) is 5.96. The first kappa shape index (κ1) is 8.08. The second-order valence-electron chi connectivity index (χ2n) is 2.25. The summed E-state index contributed by atoms with van der Waals surface area (Å²) in [5.74, 6) is 0. The molecule has 0 aromatic carbocycles. The molecule has 1 rings (SSSR count). The van der Waals surface area contributed by atoms with Crippen LogP contribution in [0.2, 0.25) is 0 Å². The first-order valence-corrected chi connectivity index (χ1v) is 3.54. The molecule has 1 aromatic heterocycles. The monoisotopic (exact) mass is 169 g/mol. The highest BCUT2D eigenvalue weighted by Gasteiger charge is 1.94. The van der Waals surface area contributed by atoms with Crippen molar-refractivity contribution in [3.63, 3.8) is 0 Å². The molecule has 0 atom stereocenters. The van der Waals surface area contributed by atoms with Crippen LogP contribution >= 0.6 is 11.6 Å². The largest absolute Gasteiger partial charge is 0.348 e. The van der Waals surface area contributed by atoms with Gasteiger partial charge in [-0.25, -0.2) is 0 Å². The summed E-state index contributed by atoms with van der Waals surface area (Å²) >= 11 is 5.56. The minimum Gasteiger partial charge on any atom is -0.348 e. The molecule has 2 nitrogen and oxygen atoms in total. The van der Waals surface area contributed by atoms with E-state index in [1.54, 1.807) is 23.0 Å². The van der Waals surface area contributed by atoms with Crippen LogP contribution in [0.25, 0.3) is 0 Å². The number of carbonyl (C=O) groups excluding carboxylic acids is 1. The zero-order chi connectivity index (χ0) is 8.27. The summed E-state index contributed by atoms with van der Waals surface area (Å²) in [6.07, 6.45) is 4.31. The predicted octanol–water partition coefficient (Wildman–Crippen LogP) is 2.05. The van der Waals surface area contributed by atoms with Gasteiger partial charge in [0.2, 0.25) is 0 Å². The molecule has 0 saturated heterocycles. The van der Waals surface area contributed by atoms with E-state index in [0.717, 1.165) is 6.29 Å². The van der Waals surface area contributed by atoms with Crippen molar-refractivity contribution in [2.45, 2.75) is 6.54 Å². The molecule has 0 fully saturated rings. The molecule has 0 N–H and O–H groups in total. The molecule has 0 unspecified atom stereocenters. The van der Waals surface area contributed by atoms with E-state index in [0.29, 0.717) is 17.1 Å². The number of aromatic nitrogens is 1. The third-order valence-electron chi connectivity index (χ3n) is 1.26. The van der Waals surface area contributed by atoms with Crippen molar-refractivity contribution >= 4 is 17.9 Å². The van der Waals surface area contributed by atoms with Crippen LogP contribution in [0.4, 0.5) is 0 Å². The van der Waals surface area contributed by atoms with Gasteiger partial charge in [0.05, 0.1) is 6.54 Å². The van der Waals surface area contributed by atoms with Gasteiger partial charge in [0.1, 0.15) is 0 Å². The second kappa shape index (κ2) is 3.39. The van der Waals surface area contributed by atoms with Crippen molar-refractivity contribution in [1.29, 1.82) is 0 Å². The number of halogens is 1. The minimum absolute atomic E-state index is 0.551. The summed E-state index contributed by atoms with van der Waals surface area (Å²) in [5, 5.41) is 0.554. The molecular formula is C8H8ClNO. The lowest BCUT2D eigenvalue weighted by atomic mass is 10.4. The highest BCUT2D eigenvalue weighted by atomic mass is 35.5.